The van der Waals surface area contributed by atoms with E-state index in [2.05, 4.69) is 9.88 Å². The van der Waals surface area contributed by atoms with Crippen molar-refractivity contribution in [1.82, 2.24) is 14.8 Å². The number of carbonyl (C=O) groups is 1. The normalized spacial score (nSPS) is 21.6. The molecule has 5 heteroatoms. The summed E-state index contributed by atoms with van der Waals surface area (Å²) >= 11 is 0. The van der Waals surface area contributed by atoms with Crippen LogP contribution in [0.3, 0.4) is 0 Å². The highest BCUT2D eigenvalue weighted by molar-refractivity contribution is 5.76. The van der Waals surface area contributed by atoms with Gasteiger partial charge >= 0.3 is 0 Å². The minimum absolute atomic E-state index is 0.236. The molecule has 24 heavy (non-hydrogen) atoms. The van der Waals surface area contributed by atoms with Crippen LogP contribution in [0.15, 0.2) is 24.5 Å². The van der Waals surface area contributed by atoms with Crippen LogP contribution in [0.5, 0.6) is 0 Å². The molecule has 3 rings (SSSR count). The fourth-order valence-corrected chi connectivity index (χ4v) is 3.85. The molecule has 3 heterocycles. The Morgan fingerprint density at radius 1 is 1.17 bits per heavy atom. The third kappa shape index (κ3) is 4.33. The van der Waals surface area contributed by atoms with Gasteiger partial charge in [-0.1, -0.05) is 12.5 Å². The van der Waals surface area contributed by atoms with E-state index < -0.39 is 5.60 Å². The average molecular weight is 331 g/mol. The number of nitrogens with zero attached hydrogens (tertiary/aromatic N) is 3. The van der Waals surface area contributed by atoms with Gasteiger partial charge < -0.3 is 14.9 Å². The first kappa shape index (κ1) is 17.4. The first-order valence-corrected chi connectivity index (χ1v) is 9.30. The lowest BCUT2D eigenvalue weighted by Gasteiger charge is -2.38. The van der Waals surface area contributed by atoms with E-state index in [1.54, 1.807) is 12.4 Å². The molecule has 1 N–H and O–H groups in total. The fraction of sp³-hybridized carbons (Fsp3) is 0.684. The van der Waals surface area contributed by atoms with E-state index >= 15 is 0 Å². The summed E-state index contributed by atoms with van der Waals surface area (Å²) < 4.78 is 0. The number of pyridine rings is 1. The van der Waals surface area contributed by atoms with Crippen molar-refractivity contribution in [1.29, 1.82) is 0 Å². The maximum atomic E-state index is 12.4. The quantitative estimate of drug-likeness (QED) is 0.898. The van der Waals surface area contributed by atoms with Gasteiger partial charge in [0.15, 0.2) is 0 Å². The number of rotatable bonds is 5. The van der Waals surface area contributed by atoms with E-state index in [1.165, 1.54) is 32.4 Å². The molecule has 2 aliphatic rings. The third-order valence-electron chi connectivity index (χ3n) is 5.46. The number of hydrogen-bond donors (Lipinski definition) is 1. The van der Waals surface area contributed by atoms with Crippen molar-refractivity contribution >= 4 is 5.91 Å². The van der Waals surface area contributed by atoms with Gasteiger partial charge in [0, 0.05) is 37.5 Å². The number of aliphatic hydroxyl groups is 1. The minimum Gasteiger partial charge on any atom is -0.385 e. The van der Waals surface area contributed by atoms with Gasteiger partial charge in [-0.05, 0) is 57.8 Å². The van der Waals surface area contributed by atoms with Crippen molar-refractivity contribution in [3.8, 4) is 0 Å². The second-order valence-corrected chi connectivity index (χ2v) is 7.16. The van der Waals surface area contributed by atoms with Gasteiger partial charge in [-0.3, -0.25) is 9.78 Å². The number of carbonyl (C=O) groups excluding carboxylic acids is 1. The zero-order valence-electron chi connectivity index (χ0n) is 14.5. The number of hydrogen-bond acceptors (Lipinski definition) is 4. The van der Waals surface area contributed by atoms with E-state index in [-0.39, 0.29) is 5.91 Å². The van der Waals surface area contributed by atoms with Crippen LogP contribution in [0.2, 0.25) is 0 Å². The second-order valence-electron chi connectivity index (χ2n) is 7.16. The monoisotopic (exact) mass is 331 g/mol. The lowest BCUT2D eigenvalue weighted by Crippen LogP contribution is -2.45. The minimum atomic E-state index is -0.834. The standard InChI is InChI=1S/C19H29N3O2/c23-18(7-5-13-21-11-2-1-3-12-21)22-14-8-19(24,9-15-22)17-6-4-10-20-16-17/h4,6,10,16,24H,1-3,5,7-9,11-15H2. The molecule has 1 aromatic rings. The second kappa shape index (κ2) is 8.08. The Kier molecular flexibility index (Phi) is 5.85. The Morgan fingerprint density at radius 2 is 1.92 bits per heavy atom. The van der Waals surface area contributed by atoms with Gasteiger partial charge in [0.05, 0.1) is 5.60 Å². The van der Waals surface area contributed by atoms with Crippen molar-refractivity contribution < 1.29 is 9.90 Å². The van der Waals surface area contributed by atoms with Crippen LogP contribution < -0.4 is 0 Å². The van der Waals surface area contributed by atoms with E-state index in [9.17, 15) is 9.90 Å². The van der Waals surface area contributed by atoms with Gasteiger partial charge in [0.2, 0.25) is 5.91 Å². The number of amides is 1. The van der Waals surface area contributed by atoms with E-state index in [0.717, 1.165) is 18.5 Å². The van der Waals surface area contributed by atoms with E-state index in [0.29, 0.717) is 32.4 Å². The fourth-order valence-electron chi connectivity index (χ4n) is 3.85. The Bertz CT molecular complexity index is 521. The van der Waals surface area contributed by atoms with Crippen LogP contribution in [-0.4, -0.2) is 58.5 Å². The molecule has 0 unspecified atom stereocenters. The predicted molar refractivity (Wildman–Crippen MR) is 93.5 cm³/mol. The SMILES string of the molecule is O=C(CCCN1CCCCC1)N1CCC(O)(c2cccnc2)CC1. The molecule has 0 aliphatic carbocycles. The van der Waals surface area contributed by atoms with Crippen LogP contribution in [0.1, 0.15) is 50.5 Å². The molecule has 132 valence electrons. The van der Waals surface area contributed by atoms with E-state index in [4.69, 9.17) is 0 Å². The van der Waals surface area contributed by atoms with Crippen LogP contribution in [0, 0.1) is 0 Å². The lowest BCUT2D eigenvalue weighted by atomic mass is 9.85. The molecule has 1 aromatic heterocycles. The summed E-state index contributed by atoms with van der Waals surface area (Å²) in [4.78, 5) is 20.9. The number of piperidine rings is 2. The summed E-state index contributed by atoms with van der Waals surface area (Å²) in [5, 5.41) is 10.8. The highest BCUT2D eigenvalue weighted by Gasteiger charge is 2.35. The smallest absolute Gasteiger partial charge is 0.222 e. The zero-order chi connectivity index (χ0) is 16.8. The number of aromatic nitrogens is 1. The summed E-state index contributed by atoms with van der Waals surface area (Å²) in [5.74, 6) is 0.236. The first-order chi connectivity index (χ1) is 11.7. The maximum absolute atomic E-state index is 12.4. The van der Waals surface area contributed by atoms with Crippen molar-refractivity contribution in [2.75, 3.05) is 32.7 Å². The maximum Gasteiger partial charge on any atom is 0.222 e. The third-order valence-corrected chi connectivity index (χ3v) is 5.46. The highest BCUT2D eigenvalue weighted by Crippen LogP contribution is 2.32. The summed E-state index contributed by atoms with van der Waals surface area (Å²) in [7, 11) is 0. The van der Waals surface area contributed by atoms with Gasteiger partial charge in [0.1, 0.15) is 0 Å². The van der Waals surface area contributed by atoms with Crippen molar-refractivity contribution in [2.45, 2.75) is 50.5 Å². The molecule has 0 atom stereocenters. The Balaban J connectivity index is 1.41. The average Bonchev–Trinajstić information content (AvgIpc) is 2.64. The summed E-state index contributed by atoms with van der Waals surface area (Å²) in [6, 6.07) is 3.77. The Morgan fingerprint density at radius 3 is 2.58 bits per heavy atom. The summed E-state index contributed by atoms with van der Waals surface area (Å²) in [6.07, 6.45) is 10.2. The molecule has 1 amide bonds. The van der Waals surface area contributed by atoms with Crippen molar-refractivity contribution in [3.05, 3.63) is 30.1 Å². The van der Waals surface area contributed by atoms with Gasteiger partial charge in [-0.25, -0.2) is 0 Å². The Labute approximate surface area is 144 Å². The molecular formula is C19H29N3O2. The van der Waals surface area contributed by atoms with Gasteiger partial charge in [-0.2, -0.15) is 0 Å². The molecule has 0 saturated carbocycles. The number of likely N-dealkylation sites (tertiary alicyclic amines) is 2. The molecule has 2 aliphatic heterocycles. The summed E-state index contributed by atoms with van der Waals surface area (Å²) in [6.45, 7) is 4.69. The molecule has 0 radical (unpaired) electrons. The predicted octanol–water partition coefficient (Wildman–Crippen LogP) is 2.16. The molecular weight excluding hydrogens is 302 g/mol. The van der Waals surface area contributed by atoms with Gasteiger partial charge in [0.25, 0.3) is 0 Å². The highest BCUT2D eigenvalue weighted by atomic mass is 16.3. The van der Waals surface area contributed by atoms with Crippen LogP contribution >= 0.6 is 0 Å². The molecule has 0 aromatic carbocycles. The van der Waals surface area contributed by atoms with Crippen LogP contribution in [0.4, 0.5) is 0 Å². The first-order valence-electron chi connectivity index (χ1n) is 9.30. The zero-order valence-corrected chi connectivity index (χ0v) is 14.5. The Hall–Kier alpha value is -1.46. The van der Waals surface area contributed by atoms with Crippen molar-refractivity contribution in [3.63, 3.8) is 0 Å². The lowest BCUT2D eigenvalue weighted by molar-refractivity contribution is -0.136. The molecule has 0 spiro atoms. The van der Waals surface area contributed by atoms with Crippen LogP contribution in [-0.2, 0) is 10.4 Å². The largest absolute Gasteiger partial charge is 0.385 e. The summed E-state index contributed by atoms with van der Waals surface area (Å²) in [5.41, 5.74) is 0.0287. The molecule has 2 fully saturated rings. The van der Waals surface area contributed by atoms with Gasteiger partial charge in [-0.15, -0.1) is 0 Å². The molecule has 0 bridgehead atoms. The molecule has 5 nitrogen and oxygen atoms in total. The van der Waals surface area contributed by atoms with E-state index in [1.807, 2.05) is 17.0 Å². The topological polar surface area (TPSA) is 56.7 Å². The van der Waals surface area contributed by atoms with Crippen LogP contribution in [0.25, 0.3) is 0 Å². The molecule has 2 saturated heterocycles. The van der Waals surface area contributed by atoms with Crippen molar-refractivity contribution in [2.24, 2.45) is 0 Å².